The molecule has 2 heterocycles. The van der Waals surface area contributed by atoms with Gasteiger partial charge in [-0.2, -0.15) is 0 Å². The highest BCUT2D eigenvalue weighted by Gasteiger charge is 2.42. The fraction of sp³-hybridized carbons (Fsp3) is 0.650. The molecule has 2 atom stereocenters. The molecular formula is C20H29ClF2N2O. The molecule has 4 fully saturated rings. The zero-order chi connectivity index (χ0) is 19.1. The molecule has 2 aliphatic heterocycles. The van der Waals surface area contributed by atoms with Gasteiger partial charge in [-0.05, 0) is 67.7 Å². The number of benzene rings is 1. The van der Waals surface area contributed by atoms with E-state index in [0.29, 0.717) is 18.0 Å². The van der Waals surface area contributed by atoms with E-state index in [2.05, 4.69) is 18.3 Å². The standard InChI is InChI=1S/C11H14ClN.C8H13NO.CH2F2/c1-13-9-5-6-11(12)10(7-9)8-3-2-4-8;1-6-2-7-4-8(3-6)9(7)5-10;2-1-3/h5-8,13H,2-4H2,1H3;5-8H,2-4H2,1H3;1H2. The summed E-state index contributed by atoms with van der Waals surface area (Å²) in [6.45, 7) is 0.529. The number of anilines is 1. The molecule has 5 rings (SSSR count). The number of halogens is 3. The number of hydrogen-bond acceptors (Lipinski definition) is 2. The van der Waals surface area contributed by atoms with Gasteiger partial charge in [0.05, 0.1) is 0 Å². The van der Waals surface area contributed by atoms with Crippen LogP contribution < -0.4 is 5.32 Å². The number of nitrogens with one attached hydrogen (secondary N) is 1. The summed E-state index contributed by atoms with van der Waals surface area (Å²) in [6, 6.07) is 7.38. The second-order valence-corrected chi connectivity index (χ2v) is 7.79. The van der Waals surface area contributed by atoms with Crippen LogP contribution in [0, 0.1) is 5.92 Å². The molecule has 1 N–H and O–H groups in total. The second kappa shape index (κ2) is 10.1. The van der Waals surface area contributed by atoms with Crippen LogP contribution in [-0.2, 0) is 4.79 Å². The van der Waals surface area contributed by atoms with Crippen LogP contribution in [-0.4, -0.2) is 37.4 Å². The molecule has 1 aromatic rings. The molecule has 146 valence electrons. The Bertz CT molecular complexity index is 571. The summed E-state index contributed by atoms with van der Waals surface area (Å²) in [5.41, 5.74) is 2.48. The predicted octanol–water partition coefficient (Wildman–Crippen LogP) is 5.55. The van der Waals surface area contributed by atoms with Gasteiger partial charge in [-0.3, -0.25) is 4.79 Å². The van der Waals surface area contributed by atoms with Gasteiger partial charge in [-0.25, -0.2) is 8.78 Å². The fourth-order valence-electron chi connectivity index (χ4n) is 4.08. The topological polar surface area (TPSA) is 32.3 Å². The highest BCUT2D eigenvalue weighted by atomic mass is 35.5. The number of amides is 1. The molecule has 0 spiro atoms. The van der Waals surface area contributed by atoms with E-state index in [1.165, 1.54) is 44.1 Å². The van der Waals surface area contributed by atoms with Gasteiger partial charge in [0.25, 0.3) is 0 Å². The van der Waals surface area contributed by atoms with Crippen LogP contribution in [0.1, 0.15) is 56.9 Å². The summed E-state index contributed by atoms with van der Waals surface area (Å²) < 4.78 is 19.2. The van der Waals surface area contributed by atoms with Crippen molar-refractivity contribution < 1.29 is 13.6 Å². The van der Waals surface area contributed by atoms with Crippen molar-refractivity contribution in [2.75, 3.05) is 19.3 Å². The van der Waals surface area contributed by atoms with Crippen molar-refractivity contribution in [3.63, 3.8) is 0 Å². The lowest BCUT2D eigenvalue weighted by Crippen LogP contribution is -2.59. The normalized spacial score (nSPS) is 26.2. The summed E-state index contributed by atoms with van der Waals surface area (Å²) in [4.78, 5) is 12.4. The van der Waals surface area contributed by atoms with Gasteiger partial charge < -0.3 is 10.2 Å². The summed E-state index contributed by atoms with van der Waals surface area (Å²) in [5, 5.41) is 4.06. The average molecular weight is 387 g/mol. The van der Waals surface area contributed by atoms with Gasteiger partial charge in [0.2, 0.25) is 13.3 Å². The first-order valence-corrected chi connectivity index (χ1v) is 9.73. The van der Waals surface area contributed by atoms with E-state index in [0.717, 1.165) is 23.0 Å². The third-order valence-corrected chi connectivity index (χ3v) is 6.03. The maximum Gasteiger partial charge on any atom is 0.229 e. The van der Waals surface area contributed by atoms with E-state index in [1.54, 1.807) is 0 Å². The Hall–Kier alpha value is -1.36. The van der Waals surface area contributed by atoms with Gasteiger partial charge in [0, 0.05) is 29.8 Å². The van der Waals surface area contributed by atoms with Crippen molar-refractivity contribution >= 4 is 23.7 Å². The first kappa shape index (κ1) is 20.9. The van der Waals surface area contributed by atoms with E-state index in [9.17, 15) is 13.6 Å². The summed E-state index contributed by atoms with van der Waals surface area (Å²) in [6.07, 6.45) is 8.70. The fourth-order valence-corrected chi connectivity index (χ4v) is 4.35. The molecule has 2 bridgehead atoms. The number of fused-ring (bicyclic) bond motifs is 2. The van der Waals surface area contributed by atoms with E-state index < -0.39 is 6.93 Å². The molecule has 2 aliphatic carbocycles. The highest BCUT2D eigenvalue weighted by Crippen LogP contribution is 2.41. The molecule has 2 saturated heterocycles. The minimum Gasteiger partial charge on any atom is -0.388 e. The smallest absolute Gasteiger partial charge is 0.229 e. The first-order valence-electron chi connectivity index (χ1n) is 9.35. The Balaban J connectivity index is 0.000000167. The number of rotatable bonds is 3. The van der Waals surface area contributed by atoms with Gasteiger partial charge >= 0.3 is 0 Å². The Morgan fingerprint density at radius 3 is 2.31 bits per heavy atom. The quantitative estimate of drug-likeness (QED) is 0.691. The van der Waals surface area contributed by atoms with Crippen LogP contribution in [0.25, 0.3) is 0 Å². The molecule has 3 nitrogen and oxygen atoms in total. The number of piperidine rings is 1. The molecule has 4 aliphatic rings. The predicted molar refractivity (Wildman–Crippen MR) is 103 cm³/mol. The molecule has 1 aromatic carbocycles. The molecule has 1 amide bonds. The van der Waals surface area contributed by atoms with Crippen LogP contribution in [0.3, 0.4) is 0 Å². The highest BCUT2D eigenvalue weighted by molar-refractivity contribution is 6.31. The number of nitrogens with zero attached hydrogens (tertiary/aromatic N) is 1. The number of carbonyl (C=O) groups excluding carboxylic acids is 1. The van der Waals surface area contributed by atoms with Crippen molar-refractivity contribution in [3.05, 3.63) is 28.8 Å². The molecular weight excluding hydrogens is 358 g/mol. The second-order valence-electron chi connectivity index (χ2n) is 7.39. The zero-order valence-corrected chi connectivity index (χ0v) is 16.3. The number of carbonyl (C=O) groups is 1. The lowest BCUT2D eigenvalue weighted by Gasteiger charge is -2.53. The van der Waals surface area contributed by atoms with E-state index in [1.807, 2.05) is 24.1 Å². The van der Waals surface area contributed by atoms with E-state index in [-0.39, 0.29) is 0 Å². The minimum absolute atomic E-state index is 0.603. The molecule has 2 unspecified atom stereocenters. The minimum atomic E-state index is -1.75. The molecule has 0 radical (unpaired) electrons. The maximum absolute atomic E-state index is 10.4. The van der Waals surface area contributed by atoms with Crippen molar-refractivity contribution in [2.24, 2.45) is 5.92 Å². The Labute approximate surface area is 160 Å². The van der Waals surface area contributed by atoms with Crippen molar-refractivity contribution in [3.8, 4) is 0 Å². The lowest BCUT2D eigenvalue weighted by molar-refractivity contribution is -0.136. The van der Waals surface area contributed by atoms with Crippen molar-refractivity contribution in [1.29, 1.82) is 0 Å². The van der Waals surface area contributed by atoms with Crippen LogP contribution in [0.15, 0.2) is 18.2 Å². The zero-order valence-electron chi connectivity index (χ0n) is 15.6. The van der Waals surface area contributed by atoms with E-state index in [4.69, 9.17) is 11.6 Å². The Morgan fingerprint density at radius 2 is 1.85 bits per heavy atom. The first-order chi connectivity index (χ1) is 12.5. The third-order valence-electron chi connectivity index (χ3n) is 5.69. The van der Waals surface area contributed by atoms with Gasteiger partial charge in [-0.15, -0.1) is 0 Å². The Kier molecular flexibility index (Phi) is 8.14. The number of hydrogen-bond donors (Lipinski definition) is 1. The van der Waals surface area contributed by atoms with Crippen LogP contribution >= 0.6 is 11.6 Å². The lowest BCUT2D eigenvalue weighted by atomic mass is 9.75. The summed E-state index contributed by atoms with van der Waals surface area (Å²) in [7, 11) is 1.94. The summed E-state index contributed by atoms with van der Waals surface area (Å²) >= 11 is 6.13. The third kappa shape index (κ3) is 5.09. The molecule has 6 heteroatoms. The monoisotopic (exact) mass is 386 g/mol. The SMILES string of the molecule is CC1CC2CC(C1)N2C=O.CNc1ccc(Cl)c(C2CCC2)c1.FCF. The molecule has 2 saturated carbocycles. The van der Waals surface area contributed by atoms with Gasteiger partial charge in [0.15, 0.2) is 0 Å². The van der Waals surface area contributed by atoms with Crippen molar-refractivity contribution in [1.82, 2.24) is 4.90 Å². The van der Waals surface area contributed by atoms with Crippen LogP contribution in [0.5, 0.6) is 0 Å². The number of alkyl halides is 2. The van der Waals surface area contributed by atoms with Gasteiger partial charge in [-0.1, -0.05) is 24.9 Å². The Morgan fingerprint density at radius 1 is 1.23 bits per heavy atom. The van der Waals surface area contributed by atoms with E-state index >= 15 is 0 Å². The maximum atomic E-state index is 10.4. The van der Waals surface area contributed by atoms with Crippen LogP contribution in [0.4, 0.5) is 14.5 Å². The largest absolute Gasteiger partial charge is 0.388 e. The van der Waals surface area contributed by atoms with Crippen LogP contribution in [0.2, 0.25) is 5.02 Å². The van der Waals surface area contributed by atoms with Gasteiger partial charge in [0.1, 0.15) is 0 Å². The van der Waals surface area contributed by atoms with Crippen molar-refractivity contribution in [2.45, 2.75) is 63.5 Å². The summed E-state index contributed by atoms with van der Waals surface area (Å²) in [5.74, 6) is 1.56. The average Bonchev–Trinajstić information content (AvgIpc) is 2.56. The molecule has 26 heavy (non-hydrogen) atoms. The molecule has 0 aromatic heterocycles.